The van der Waals surface area contributed by atoms with Crippen LogP contribution in [0.1, 0.15) is 26.2 Å². The first-order valence-corrected chi connectivity index (χ1v) is 8.76. The molecule has 0 aliphatic carbocycles. The van der Waals surface area contributed by atoms with Gasteiger partial charge in [-0.25, -0.2) is 0 Å². The van der Waals surface area contributed by atoms with Gasteiger partial charge < -0.3 is 0 Å². The number of amides is 1. The Morgan fingerprint density at radius 1 is 1.36 bits per heavy atom. The molecule has 22 heavy (non-hydrogen) atoms. The summed E-state index contributed by atoms with van der Waals surface area (Å²) in [5.74, 6) is -1.07. The Morgan fingerprint density at radius 3 is 2.55 bits per heavy atom. The van der Waals surface area contributed by atoms with Crippen molar-refractivity contribution in [2.45, 2.75) is 31.1 Å². The highest BCUT2D eigenvalue weighted by atomic mass is 35.5. The van der Waals surface area contributed by atoms with Crippen LogP contribution < -0.4 is 0 Å². The van der Waals surface area contributed by atoms with Gasteiger partial charge in [-0.1, -0.05) is 31.0 Å². The zero-order valence-electron chi connectivity index (χ0n) is 12.2. The molecule has 0 radical (unpaired) electrons. The molecule has 5 nitrogen and oxygen atoms in total. The molecule has 7 heteroatoms. The van der Waals surface area contributed by atoms with Crippen LogP contribution in [0.2, 0.25) is 5.02 Å². The third-order valence-electron chi connectivity index (χ3n) is 3.36. The number of hydrogen-bond acceptors (Lipinski definition) is 4. The minimum atomic E-state index is -4.00. The van der Waals surface area contributed by atoms with Crippen LogP contribution in [0.4, 0.5) is 0 Å². The molecule has 1 heterocycles. The largest absolute Gasteiger partial charge is 0.286 e. The van der Waals surface area contributed by atoms with Gasteiger partial charge in [0, 0.05) is 5.02 Å². The second kappa shape index (κ2) is 6.62. The van der Waals surface area contributed by atoms with E-state index in [1.807, 2.05) is 6.92 Å². The smallest absolute Gasteiger partial charge is 0.271 e. The highest BCUT2D eigenvalue weighted by Gasteiger charge is 2.41. The van der Waals surface area contributed by atoms with Gasteiger partial charge in [-0.3, -0.25) is 4.79 Å². The molecule has 0 saturated heterocycles. The lowest BCUT2D eigenvalue weighted by Gasteiger charge is -2.14. The minimum absolute atomic E-state index is 0.0101. The number of hydrazone groups is 1. The van der Waals surface area contributed by atoms with Gasteiger partial charge >= 0.3 is 0 Å². The van der Waals surface area contributed by atoms with Crippen molar-refractivity contribution in [1.29, 1.82) is 0 Å². The number of benzene rings is 1. The Kier molecular flexibility index (Phi) is 5.03. The van der Waals surface area contributed by atoms with Crippen molar-refractivity contribution in [3.63, 3.8) is 0 Å². The Bertz CT molecular complexity index is 711. The van der Waals surface area contributed by atoms with E-state index in [1.54, 1.807) is 6.08 Å². The van der Waals surface area contributed by atoms with E-state index >= 15 is 0 Å². The summed E-state index contributed by atoms with van der Waals surface area (Å²) in [4.78, 5) is 12.4. The Labute approximate surface area is 135 Å². The van der Waals surface area contributed by atoms with Gasteiger partial charge in [0.1, 0.15) is 0 Å². The third-order valence-corrected chi connectivity index (χ3v) is 5.19. The SMILES string of the molecule is C=CCC1C(=O)N(S(=O)(=O)c2ccc(Cl)cc2)N=C1CCC. The second-order valence-electron chi connectivity index (χ2n) is 4.96. The van der Waals surface area contributed by atoms with Crippen LogP contribution in [0.15, 0.2) is 46.9 Å². The van der Waals surface area contributed by atoms with Crippen molar-refractivity contribution < 1.29 is 13.2 Å². The van der Waals surface area contributed by atoms with Crippen molar-refractivity contribution in [2.75, 3.05) is 0 Å². The number of sulfonamides is 1. The van der Waals surface area contributed by atoms with E-state index in [0.717, 1.165) is 6.42 Å². The summed E-state index contributed by atoms with van der Waals surface area (Å²) in [5.41, 5.74) is 0.588. The first kappa shape index (κ1) is 16.7. The summed E-state index contributed by atoms with van der Waals surface area (Å²) in [6.07, 6.45) is 3.35. The lowest BCUT2D eigenvalue weighted by molar-refractivity contribution is -0.127. The van der Waals surface area contributed by atoms with Crippen molar-refractivity contribution >= 4 is 33.2 Å². The maximum atomic E-state index is 12.6. The van der Waals surface area contributed by atoms with Crippen molar-refractivity contribution in [2.24, 2.45) is 11.0 Å². The van der Waals surface area contributed by atoms with Gasteiger partial charge in [-0.15, -0.1) is 11.0 Å². The predicted octanol–water partition coefficient (Wildman–Crippen LogP) is 3.22. The van der Waals surface area contributed by atoms with E-state index < -0.39 is 21.8 Å². The van der Waals surface area contributed by atoms with Gasteiger partial charge in [0.2, 0.25) is 0 Å². The van der Waals surface area contributed by atoms with Crippen molar-refractivity contribution in [3.05, 3.63) is 41.9 Å². The Hall–Kier alpha value is -1.66. The maximum absolute atomic E-state index is 12.6. The number of nitrogens with zero attached hydrogens (tertiary/aromatic N) is 2. The van der Waals surface area contributed by atoms with Crippen LogP contribution in [0.25, 0.3) is 0 Å². The molecule has 1 aliphatic heterocycles. The predicted molar refractivity (Wildman–Crippen MR) is 86.1 cm³/mol. The molecule has 1 amide bonds. The minimum Gasteiger partial charge on any atom is -0.271 e. The number of halogens is 1. The van der Waals surface area contributed by atoms with Gasteiger partial charge in [0.25, 0.3) is 15.9 Å². The maximum Gasteiger partial charge on any atom is 0.286 e. The summed E-state index contributed by atoms with van der Waals surface area (Å²) >= 11 is 5.76. The van der Waals surface area contributed by atoms with E-state index in [9.17, 15) is 13.2 Å². The van der Waals surface area contributed by atoms with Gasteiger partial charge in [0.05, 0.1) is 16.5 Å². The molecule has 118 valence electrons. The van der Waals surface area contributed by atoms with Gasteiger partial charge in [0.15, 0.2) is 0 Å². The second-order valence-corrected chi connectivity index (χ2v) is 7.16. The Morgan fingerprint density at radius 2 is 2.00 bits per heavy atom. The molecule has 0 aromatic heterocycles. The van der Waals surface area contributed by atoms with E-state index in [2.05, 4.69) is 11.7 Å². The van der Waals surface area contributed by atoms with Crippen LogP contribution in [-0.2, 0) is 14.8 Å². The summed E-state index contributed by atoms with van der Waals surface area (Å²) in [6, 6.07) is 5.65. The van der Waals surface area contributed by atoms with Crippen LogP contribution in [0.3, 0.4) is 0 Å². The molecule has 1 atom stereocenters. The first-order chi connectivity index (χ1) is 10.4. The van der Waals surface area contributed by atoms with Crippen LogP contribution in [0.5, 0.6) is 0 Å². The molecular weight excluding hydrogens is 324 g/mol. The zero-order valence-corrected chi connectivity index (χ0v) is 13.8. The highest BCUT2D eigenvalue weighted by molar-refractivity contribution is 7.89. The van der Waals surface area contributed by atoms with E-state index in [0.29, 0.717) is 28.0 Å². The number of carbonyl (C=O) groups excluding carboxylic acids is 1. The van der Waals surface area contributed by atoms with Crippen LogP contribution in [0, 0.1) is 5.92 Å². The third kappa shape index (κ3) is 3.08. The normalized spacial score (nSPS) is 18.5. The lowest BCUT2D eigenvalue weighted by Crippen LogP contribution is -2.32. The molecular formula is C15H17ClN2O3S. The van der Waals surface area contributed by atoms with Crippen molar-refractivity contribution in [1.82, 2.24) is 4.41 Å². The molecule has 1 unspecified atom stereocenters. The van der Waals surface area contributed by atoms with Gasteiger partial charge in [-0.2, -0.15) is 13.5 Å². The fourth-order valence-corrected chi connectivity index (χ4v) is 3.66. The van der Waals surface area contributed by atoms with E-state index in [1.165, 1.54) is 24.3 Å². The number of hydrogen-bond donors (Lipinski definition) is 0. The molecule has 0 bridgehead atoms. The van der Waals surface area contributed by atoms with Crippen molar-refractivity contribution in [3.8, 4) is 0 Å². The average molecular weight is 341 g/mol. The quantitative estimate of drug-likeness (QED) is 0.747. The molecule has 0 fully saturated rings. The van der Waals surface area contributed by atoms with E-state index in [-0.39, 0.29) is 4.90 Å². The van der Waals surface area contributed by atoms with E-state index in [4.69, 9.17) is 11.6 Å². The monoisotopic (exact) mass is 340 g/mol. The van der Waals surface area contributed by atoms with Crippen LogP contribution >= 0.6 is 11.6 Å². The molecule has 0 spiro atoms. The molecule has 0 N–H and O–H groups in total. The van der Waals surface area contributed by atoms with Gasteiger partial charge in [-0.05, 0) is 37.1 Å². The number of allylic oxidation sites excluding steroid dienone is 1. The molecule has 0 saturated carbocycles. The number of carbonyl (C=O) groups is 1. The molecule has 1 aromatic carbocycles. The Balaban J connectivity index is 2.40. The molecule has 2 rings (SSSR count). The summed E-state index contributed by atoms with van der Waals surface area (Å²) in [6.45, 7) is 5.57. The highest BCUT2D eigenvalue weighted by Crippen LogP contribution is 2.28. The summed E-state index contributed by atoms with van der Waals surface area (Å²) in [5, 5.41) is 4.48. The fraction of sp³-hybridized carbons (Fsp3) is 0.333. The topological polar surface area (TPSA) is 66.8 Å². The number of rotatable bonds is 6. The molecule has 1 aliphatic rings. The fourth-order valence-electron chi connectivity index (χ4n) is 2.27. The lowest BCUT2D eigenvalue weighted by atomic mass is 9.97. The standard InChI is InChI=1S/C15H17ClN2O3S/c1-3-5-13-14(6-4-2)17-18(15(13)19)22(20,21)12-9-7-11(16)8-10-12/h3,7-10,13H,1,4-6H2,2H3. The summed E-state index contributed by atoms with van der Waals surface area (Å²) in [7, 11) is -4.00. The molecule has 1 aromatic rings. The summed E-state index contributed by atoms with van der Waals surface area (Å²) < 4.78 is 25.8. The first-order valence-electron chi connectivity index (χ1n) is 6.94. The average Bonchev–Trinajstić information content (AvgIpc) is 2.78. The zero-order chi connectivity index (χ0) is 16.3. The van der Waals surface area contributed by atoms with Crippen LogP contribution in [-0.4, -0.2) is 24.5 Å².